The molecule has 3 aromatic rings. The maximum atomic E-state index is 13.2. The summed E-state index contributed by atoms with van der Waals surface area (Å²) in [6.07, 6.45) is 2.00. The lowest BCUT2D eigenvalue weighted by Gasteiger charge is -2.35. The average molecular weight is 420 g/mol. The first-order valence-corrected chi connectivity index (χ1v) is 10.8. The topological polar surface area (TPSA) is 79.2 Å². The molecule has 1 fully saturated rings. The van der Waals surface area contributed by atoms with Gasteiger partial charge in [-0.25, -0.2) is 4.68 Å². The highest BCUT2D eigenvalue weighted by Gasteiger charge is 2.23. The van der Waals surface area contributed by atoms with Crippen molar-refractivity contribution in [2.75, 3.05) is 42.9 Å². The monoisotopic (exact) mass is 419 g/mol. The number of carbonyl (C=O) groups excluding carboxylic acids is 1. The van der Waals surface area contributed by atoms with Gasteiger partial charge in [-0.15, -0.1) is 5.10 Å². The SMILES string of the molecule is CCN1CCN(c2ccc(NC(=O)C(Cc3ccccc3)n3cnnn3)c(C)c2)CC1. The van der Waals surface area contributed by atoms with Crippen LogP contribution in [-0.4, -0.2) is 63.7 Å². The van der Waals surface area contributed by atoms with Crippen molar-refractivity contribution in [1.82, 2.24) is 25.1 Å². The summed E-state index contributed by atoms with van der Waals surface area (Å²) in [5.74, 6) is -0.136. The van der Waals surface area contributed by atoms with Gasteiger partial charge in [0.2, 0.25) is 5.91 Å². The minimum absolute atomic E-state index is 0.136. The standard InChI is InChI=1S/C23H29N7O/c1-3-28-11-13-29(14-12-28)20-9-10-21(18(2)15-20)25-23(31)22(30-17-24-26-27-30)16-19-7-5-4-6-8-19/h4-10,15,17,22H,3,11-14,16H2,1-2H3,(H,25,31). The highest BCUT2D eigenvalue weighted by Crippen LogP contribution is 2.25. The van der Waals surface area contributed by atoms with Crippen LogP contribution in [0.2, 0.25) is 0 Å². The number of piperazine rings is 1. The van der Waals surface area contributed by atoms with E-state index in [9.17, 15) is 4.79 Å². The second-order valence-corrected chi connectivity index (χ2v) is 7.91. The van der Waals surface area contributed by atoms with Gasteiger partial charge in [0.15, 0.2) is 0 Å². The smallest absolute Gasteiger partial charge is 0.249 e. The van der Waals surface area contributed by atoms with Gasteiger partial charge >= 0.3 is 0 Å². The van der Waals surface area contributed by atoms with E-state index < -0.39 is 6.04 Å². The number of likely N-dealkylation sites (N-methyl/N-ethyl adjacent to an activating group) is 1. The van der Waals surface area contributed by atoms with E-state index in [0.717, 1.165) is 49.5 Å². The van der Waals surface area contributed by atoms with Crippen molar-refractivity contribution in [3.63, 3.8) is 0 Å². The molecule has 0 aliphatic carbocycles. The van der Waals surface area contributed by atoms with Gasteiger partial charge in [-0.2, -0.15) is 0 Å². The number of hydrogen-bond acceptors (Lipinski definition) is 6. The fourth-order valence-electron chi connectivity index (χ4n) is 3.98. The van der Waals surface area contributed by atoms with Crippen molar-refractivity contribution in [2.45, 2.75) is 26.3 Å². The molecule has 2 heterocycles. The molecule has 4 rings (SSSR count). The molecule has 8 nitrogen and oxygen atoms in total. The van der Waals surface area contributed by atoms with Crippen LogP contribution in [0.1, 0.15) is 24.1 Å². The maximum Gasteiger partial charge on any atom is 0.249 e. The van der Waals surface area contributed by atoms with Gasteiger partial charge in [-0.1, -0.05) is 37.3 Å². The van der Waals surface area contributed by atoms with Crippen LogP contribution in [-0.2, 0) is 11.2 Å². The van der Waals surface area contributed by atoms with E-state index in [0.29, 0.717) is 6.42 Å². The van der Waals surface area contributed by atoms with Gasteiger partial charge in [-0.3, -0.25) is 4.79 Å². The number of nitrogens with one attached hydrogen (secondary N) is 1. The van der Waals surface area contributed by atoms with Crippen LogP contribution in [0.25, 0.3) is 0 Å². The van der Waals surface area contributed by atoms with E-state index in [4.69, 9.17) is 0 Å². The van der Waals surface area contributed by atoms with E-state index >= 15 is 0 Å². The molecular formula is C23H29N7O. The summed E-state index contributed by atoms with van der Waals surface area (Å²) in [7, 11) is 0. The Morgan fingerprint density at radius 3 is 2.52 bits per heavy atom. The van der Waals surface area contributed by atoms with Crippen LogP contribution >= 0.6 is 0 Å². The zero-order valence-corrected chi connectivity index (χ0v) is 18.1. The fraction of sp³-hybridized carbons (Fsp3) is 0.391. The van der Waals surface area contributed by atoms with Crippen LogP contribution in [0.5, 0.6) is 0 Å². The number of aromatic nitrogens is 4. The largest absolute Gasteiger partial charge is 0.369 e. The third-order valence-corrected chi connectivity index (χ3v) is 5.91. The molecule has 0 bridgehead atoms. The number of amides is 1. The van der Waals surface area contributed by atoms with Crippen molar-refractivity contribution in [2.24, 2.45) is 0 Å². The molecule has 1 amide bonds. The van der Waals surface area contributed by atoms with E-state index in [-0.39, 0.29) is 5.91 Å². The molecule has 8 heteroatoms. The third-order valence-electron chi connectivity index (χ3n) is 5.91. The Hall–Kier alpha value is -3.26. The number of rotatable bonds is 7. The quantitative estimate of drug-likeness (QED) is 0.634. The second kappa shape index (κ2) is 9.70. The molecule has 1 aliphatic rings. The van der Waals surface area contributed by atoms with Crippen molar-refractivity contribution in [1.29, 1.82) is 0 Å². The third kappa shape index (κ3) is 5.08. The molecular weight excluding hydrogens is 390 g/mol. The molecule has 0 saturated carbocycles. The molecule has 2 aromatic carbocycles. The van der Waals surface area contributed by atoms with Crippen molar-refractivity contribution in [3.8, 4) is 0 Å². The predicted octanol–water partition coefficient (Wildman–Crippen LogP) is 2.55. The minimum atomic E-state index is -0.529. The van der Waals surface area contributed by atoms with Crippen LogP contribution in [0.4, 0.5) is 11.4 Å². The molecule has 1 aromatic heterocycles. The lowest BCUT2D eigenvalue weighted by atomic mass is 10.0. The Balaban J connectivity index is 1.47. The van der Waals surface area contributed by atoms with Crippen LogP contribution in [0, 0.1) is 6.92 Å². The maximum absolute atomic E-state index is 13.2. The number of aryl methyl sites for hydroxylation is 1. The van der Waals surface area contributed by atoms with Gasteiger partial charge < -0.3 is 15.1 Å². The Morgan fingerprint density at radius 2 is 1.87 bits per heavy atom. The molecule has 1 saturated heterocycles. The van der Waals surface area contributed by atoms with Crippen LogP contribution < -0.4 is 10.2 Å². The summed E-state index contributed by atoms with van der Waals surface area (Å²) in [4.78, 5) is 18.0. The van der Waals surface area contributed by atoms with Gasteiger partial charge in [0.25, 0.3) is 0 Å². The van der Waals surface area contributed by atoms with Crippen LogP contribution in [0.15, 0.2) is 54.9 Å². The van der Waals surface area contributed by atoms with E-state index in [1.54, 1.807) is 0 Å². The molecule has 0 radical (unpaired) electrons. The Bertz CT molecular complexity index is 982. The molecule has 1 unspecified atom stereocenters. The average Bonchev–Trinajstić information content (AvgIpc) is 3.34. The number of hydrogen-bond donors (Lipinski definition) is 1. The summed E-state index contributed by atoms with van der Waals surface area (Å²) < 4.78 is 1.51. The van der Waals surface area contributed by atoms with Gasteiger partial charge in [-0.05, 0) is 53.2 Å². The zero-order chi connectivity index (χ0) is 21.6. The first-order valence-electron chi connectivity index (χ1n) is 10.8. The number of benzene rings is 2. The van der Waals surface area contributed by atoms with Crippen molar-refractivity contribution >= 4 is 17.3 Å². The lowest BCUT2D eigenvalue weighted by Crippen LogP contribution is -2.46. The summed E-state index contributed by atoms with van der Waals surface area (Å²) in [6.45, 7) is 9.56. The highest BCUT2D eigenvalue weighted by molar-refractivity contribution is 5.94. The summed E-state index contributed by atoms with van der Waals surface area (Å²) in [5.41, 5.74) is 4.11. The molecule has 162 valence electrons. The number of anilines is 2. The zero-order valence-electron chi connectivity index (χ0n) is 18.1. The number of tetrazole rings is 1. The predicted molar refractivity (Wildman–Crippen MR) is 121 cm³/mol. The van der Waals surface area contributed by atoms with Gasteiger partial charge in [0.05, 0.1) is 0 Å². The summed E-state index contributed by atoms with van der Waals surface area (Å²) >= 11 is 0. The lowest BCUT2D eigenvalue weighted by molar-refractivity contribution is -0.119. The molecule has 1 N–H and O–H groups in total. The molecule has 0 spiro atoms. The first-order chi connectivity index (χ1) is 15.1. The van der Waals surface area contributed by atoms with Crippen molar-refractivity contribution < 1.29 is 4.79 Å². The molecule has 1 atom stereocenters. The summed E-state index contributed by atoms with van der Waals surface area (Å²) in [5, 5.41) is 14.5. The number of carbonyl (C=O) groups is 1. The Kier molecular flexibility index (Phi) is 6.57. The highest BCUT2D eigenvalue weighted by atomic mass is 16.2. The Morgan fingerprint density at radius 1 is 1.10 bits per heavy atom. The fourth-order valence-corrected chi connectivity index (χ4v) is 3.98. The van der Waals surface area contributed by atoms with Crippen LogP contribution in [0.3, 0.4) is 0 Å². The molecule has 31 heavy (non-hydrogen) atoms. The van der Waals surface area contributed by atoms with E-state index in [2.05, 4.69) is 49.7 Å². The Labute approximate surface area is 182 Å². The summed E-state index contributed by atoms with van der Waals surface area (Å²) in [6, 6.07) is 15.6. The van der Waals surface area contributed by atoms with E-state index in [1.165, 1.54) is 16.7 Å². The number of nitrogens with zero attached hydrogens (tertiary/aromatic N) is 6. The minimum Gasteiger partial charge on any atom is -0.369 e. The molecule has 1 aliphatic heterocycles. The van der Waals surface area contributed by atoms with Gasteiger partial charge in [0.1, 0.15) is 12.4 Å². The normalized spacial score (nSPS) is 15.6. The van der Waals surface area contributed by atoms with E-state index in [1.807, 2.05) is 43.3 Å². The first kappa shape index (κ1) is 21.0. The second-order valence-electron chi connectivity index (χ2n) is 7.91. The van der Waals surface area contributed by atoms with Crippen molar-refractivity contribution in [3.05, 3.63) is 66.0 Å². The van der Waals surface area contributed by atoms with Gasteiger partial charge in [0, 0.05) is 44.0 Å².